The molecule has 13 heavy (non-hydrogen) atoms. The molecule has 0 aliphatic carbocycles. The van der Waals surface area contributed by atoms with Gasteiger partial charge in [-0.3, -0.25) is 9.78 Å². The van der Waals surface area contributed by atoms with Crippen molar-refractivity contribution < 1.29 is 9.90 Å². The third-order valence-corrected chi connectivity index (χ3v) is 1.96. The second-order valence-electron chi connectivity index (χ2n) is 2.71. The van der Waals surface area contributed by atoms with Crippen molar-refractivity contribution in [1.82, 2.24) is 4.98 Å². The maximum atomic E-state index is 10.7. The van der Waals surface area contributed by atoms with Gasteiger partial charge in [-0.05, 0) is 17.5 Å². The summed E-state index contributed by atoms with van der Waals surface area (Å²) in [6.07, 6.45) is 3.85. The van der Waals surface area contributed by atoms with Crippen LogP contribution in [0.5, 0.6) is 5.75 Å². The van der Waals surface area contributed by atoms with E-state index in [1.165, 1.54) is 6.07 Å². The fourth-order valence-electron chi connectivity index (χ4n) is 1.30. The quantitative estimate of drug-likeness (QED) is 0.668. The van der Waals surface area contributed by atoms with E-state index in [1.54, 1.807) is 24.5 Å². The van der Waals surface area contributed by atoms with Crippen LogP contribution in [0.1, 0.15) is 10.4 Å². The first-order valence-electron chi connectivity index (χ1n) is 3.84. The van der Waals surface area contributed by atoms with E-state index in [-0.39, 0.29) is 5.75 Å². The number of aromatic hydroxyl groups is 1. The van der Waals surface area contributed by atoms with Crippen LogP contribution in [0.25, 0.3) is 10.8 Å². The number of hydrogen-bond acceptors (Lipinski definition) is 3. The Hall–Kier alpha value is -1.90. The van der Waals surface area contributed by atoms with Gasteiger partial charge < -0.3 is 5.11 Å². The van der Waals surface area contributed by atoms with E-state index in [2.05, 4.69) is 4.98 Å². The lowest BCUT2D eigenvalue weighted by Crippen LogP contribution is -1.85. The van der Waals surface area contributed by atoms with E-state index >= 15 is 0 Å². The summed E-state index contributed by atoms with van der Waals surface area (Å²) in [6.45, 7) is 0. The van der Waals surface area contributed by atoms with Crippen molar-refractivity contribution in [2.45, 2.75) is 0 Å². The Kier molecular flexibility index (Phi) is 1.70. The van der Waals surface area contributed by atoms with Gasteiger partial charge in [0.25, 0.3) is 0 Å². The van der Waals surface area contributed by atoms with Gasteiger partial charge >= 0.3 is 0 Å². The monoisotopic (exact) mass is 173 g/mol. The Bertz CT molecular complexity index is 465. The van der Waals surface area contributed by atoms with Gasteiger partial charge in [0, 0.05) is 17.8 Å². The molecule has 0 aliphatic heterocycles. The highest BCUT2D eigenvalue weighted by molar-refractivity contribution is 6.00. The average Bonchev–Trinajstić information content (AvgIpc) is 2.18. The number of rotatable bonds is 1. The fourth-order valence-corrected chi connectivity index (χ4v) is 1.30. The second kappa shape index (κ2) is 2.86. The first-order chi connectivity index (χ1) is 6.33. The van der Waals surface area contributed by atoms with Crippen LogP contribution >= 0.6 is 0 Å². The van der Waals surface area contributed by atoms with Crippen molar-refractivity contribution >= 4 is 17.1 Å². The highest BCUT2D eigenvalue weighted by Crippen LogP contribution is 2.24. The second-order valence-corrected chi connectivity index (χ2v) is 2.71. The molecule has 2 rings (SSSR count). The minimum absolute atomic E-state index is 0.00417. The summed E-state index contributed by atoms with van der Waals surface area (Å²) in [5, 5.41) is 10.9. The van der Waals surface area contributed by atoms with Gasteiger partial charge in [-0.25, -0.2) is 0 Å². The Morgan fingerprint density at radius 3 is 2.92 bits per heavy atom. The molecule has 3 heteroatoms. The lowest BCUT2D eigenvalue weighted by atomic mass is 10.1. The summed E-state index contributed by atoms with van der Waals surface area (Å²) in [6, 6.07) is 5.05. The van der Waals surface area contributed by atoms with Crippen LogP contribution < -0.4 is 0 Å². The van der Waals surface area contributed by atoms with E-state index in [9.17, 15) is 9.90 Å². The van der Waals surface area contributed by atoms with Crippen molar-refractivity contribution in [2.24, 2.45) is 0 Å². The topological polar surface area (TPSA) is 50.2 Å². The number of pyridine rings is 1. The maximum absolute atomic E-state index is 10.7. The van der Waals surface area contributed by atoms with Crippen molar-refractivity contribution in [3.05, 3.63) is 36.2 Å². The predicted octanol–water partition coefficient (Wildman–Crippen LogP) is 1.75. The number of aromatic nitrogens is 1. The lowest BCUT2D eigenvalue weighted by molar-refractivity contribution is 0.112. The highest BCUT2D eigenvalue weighted by Gasteiger charge is 2.04. The molecule has 64 valence electrons. The molecule has 0 aliphatic rings. The summed E-state index contributed by atoms with van der Waals surface area (Å²) in [5.74, 6) is -0.00417. The maximum Gasteiger partial charge on any atom is 0.154 e. The van der Waals surface area contributed by atoms with Crippen LogP contribution in [0.2, 0.25) is 0 Å². The summed E-state index contributed by atoms with van der Waals surface area (Å²) >= 11 is 0. The summed E-state index contributed by atoms with van der Waals surface area (Å²) < 4.78 is 0. The molecule has 0 saturated carbocycles. The molecule has 0 amide bonds. The van der Waals surface area contributed by atoms with Gasteiger partial charge in [-0.1, -0.05) is 6.07 Å². The molecule has 0 bridgehead atoms. The molecule has 2 aromatic rings. The van der Waals surface area contributed by atoms with E-state index in [0.717, 1.165) is 5.39 Å². The highest BCUT2D eigenvalue weighted by atomic mass is 16.3. The number of phenolic OH excluding ortho intramolecular Hbond substituents is 1. The zero-order chi connectivity index (χ0) is 9.26. The van der Waals surface area contributed by atoms with Gasteiger partial charge in [-0.2, -0.15) is 0 Å². The fraction of sp³-hybridized carbons (Fsp3) is 0. The lowest BCUT2D eigenvalue weighted by Gasteiger charge is -2.01. The molecule has 1 heterocycles. The molecule has 0 radical (unpaired) electrons. The minimum atomic E-state index is -0.00417. The van der Waals surface area contributed by atoms with E-state index in [0.29, 0.717) is 17.2 Å². The molecule has 0 atom stereocenters. The molecule has 1 aromatic carbocycles. The molecular weight excluding hydrogens is 166 g/mol. The largest absolute Gasteiger partial charge is 0.507 e. The summed E-state index contributed by atoms with van der Waals surface area (Å²) in [5.41, 5.74) is 0.297. The zero-order valence-corrected chi connectivity index (χ0v) is 6.77. The van der Waals surface area contributed by atoms with Crippen molar-refractivity contribution in [3.63, 3.8) is 0 Å². The molecule has 1 aromatic heterocycles. The zero-order valence-electron chi connectivity index (χ0n) is 6.77. The van der Waals surface area contributed by atoms with E-state index in [1.807, 2.05) is 0 Å². The van der Waals surface area contributed by atoms with Gasteiger partial charge in [0.15, 0.2) is 6.29 Å². The number of hydrogen-bond donors (Lipinski definition) is 1. The molecule has 0 spiro atoms. The van der Waals surface area contributed by atoms with E-state index < -0.39 is 0 Å². The van der Waals surface area contributed by atoms with E-state index in [4.69, 9.17) is 0 Å². The van der Waals surface area contributed by atoms with Gasteiger partial charge in [-0.15, -0.1) is 0 Å². The normalized spacial score (nSPS) is 10.2. The molecule has 0 fully saturated rings. The molecule has 1 N–H and O–H groups in total. The average molecular weight is 173 g/mol. The Morgan fingerprint density at radius 2 is 2.15 bits per heavy atom. The Balaban J connectivity index is 2.91. The minimum Gasteiger partial charge on any atom is -0.507 e. The number of carbonyl (C=O) groups excluding carboxylic acids is 1. The van der Waals surface area contributed by atoms with Gasteiger partial charge in [0.2, 0.25) is 0 Å². The summed E-state index contributed by atoms with van der Waals surface area (Å²) in [4.78, 5) is 14.5. The van der Waals surface area contributed by atoms with Crippen LogP contribution in [0.4, 0.5) is 0 Å². The Labute approximate surface area is 74.7 Å². The van der Waals surface area contributed by atoms with Crippen molar-refractivity contribution in [3.8, 4) is 5.75 Å². The van der Waals surface area contributed by atoms with Gasteiger partial charge in [0.1, 0.15) is 5.75 Å². The molecular formula is C10H7NO2. The Morgan fingerprint density at radius 1 is 1.31 bits per heavy atom. The van der Waals surface area contributed by atoms with Crippen LogP contribution in [-0.4, -0.2) is 16.4 Å². The first-order valence-corrected chi connectivity index (χ1v) is 3.84. The van der Waals surface area contributed by atoms with Crippen LogP contribution in [0.3, 0.4) is 0 Å². The third kappa shape index (κ3) is 1.14. The van der Waals surface area contributed by atoms with Crippen molar-refractivity contribution in [2.75, 3.05) is 0 Å². The number of aldehydes is 1. The van der Waals surface area contributed by atoms with Crippen molar-refractivity contribution in [1.29, 1.82) is 0 Å². The molecule has 0 saturated heterocycles. The molecule has 0 unspecified atom stereocenters. The smallest absolute Gasteiger partial charge is 0.154 e. The standard InChI is InChI=1S/C10H7NO2/c12-6-9-8-5-11-4-3-7(8)1-2-10(9)13/h1-6,13H. The van der Waals surface area contributed by atoms with Crippen LogP contribution in [-0.2, 0) is 0 Å². The predicted molar refractivity (Wildman–Crippen MR) is 48.8 cm³/mol. The SMILES string of the molecule is O=Cc1c(O)ccc2ccncc12. The summed E-state index contributed by atoms with van der Waals surface area (Å²) in [7, 11) is 0. The number of carbonyl (C=O) groups is 1. The number of nitrogens with zero attached hydrogens (tertiary/aromatic N) is 1. The van der Waals surface area contributed by atoms with Gasteiger partial charge in [0.05, 0.1) is 5.56 Å². The number of phenols is 1. The third-order valence-electron chi connectivity index (χ3n) is 1.96. The number of fused-ring (bicyclic) bond motifs is 1. The number of benzene rings is 1. The van der Waals surface area contributed by atoms with Crippen LogP contribution in [0, 0.1) is 0 Å². The molecule has 3 nitrogen and oxygen atoms in total. The first kappa shape index (κ1) is 7.73. The van der Waals surface area contributed by atoms with Crippen LogP contribution in [0.15, 0.2) is 30.6 Å².